The topological polar surface area (TPSA) is 47.0 Å². The van der Waals surface area contributed by atoms with E-state index in [1.165, 1.54) is 0 Å². The molecule has 0 fully saturated rings. The van der Waals surface area contributed by atoms with Gasteiger partial charge in [-0.25, -0.2) is 9.97 Å². The Morgan fingerprint density at radius 2 is 1.70 bits per heavy atom. The van der Waals surface area contributed by atoms with Gasteiger partial charge in [-0.15, -0.1) is 0 Å². The summed E-state index contributed by atoms with van der Waals surface area (Å²) in [7, 11) is 1.55. The summed E-state index contributed by atoms with van der Waals surface area (Å²) in [5.41, 5.74) is 0.569. The quantitative estimate of drug-likeness (QED) is 0.622. The first kappa shape index (κ1) is 15.6. The average Bonchev–Trinajstić information content (AvgIpc) is 2.35. The molecule has 4 nitrogen and oxygen atoms in total. The van der Waals surface area contributed by atoms with Crippen LogP contribution in [-0.2, 0) is 11.3 Å². The molecule has 1 heterocycles. The minimum atomic E-state index is 0.254. The van der Waals surface area contributed by atoms with Gasteiger partial charge in [-0.1, -0.05) is 46.4 Å². The fourth-order valence-corrected chi connectivity index (χ4v) is 2.27. The van der Waals surface area contributed by atoms with Gasteiger partial charge in [0.2, 0.25) is 0 Å². The number of hydrogen-bond donors (Lipinski definition) is 1. The maximum absolute atomic E-state index is 6.09. The predicted octanol–water partition coefficient (Wildman–Crippen LogP) is 4.98. The lowest BCUT2D eigenvalue weighted by molar-refractivity contribution is 0.178. The molecule has 0 saturated carbocycles. The fourth-order valence-electron chi connectivity index (χ4n) is 1.48. The van der Waals surface area contributed by atoms with Crippen LogP contribution in [0, 0.1) is 0 Å². The van der Waals surface area contributed by atoms with Gasteiger partial charge in [0.15, 0.2) is 5.82 Å². The number of ether oxygens (including phenoxy) is 1. The molecule has 0 aliphatic heterocycles. The molecule has 0 saturated heterocycles. The Labute approximate surface area is 136 Å². The maximum atomic E-state index is 6.09. The van der Waals surface area contributed by atoms with Gasteiger partial charge in [0.1, 0.15) is 17.6 Å². The van der Waals surface area contributed by atoms with Crippen LogP contribution >= 0.6 is 46.4 Å². The molecule has 0 aliphatic rings. The molecular weight excluding hydrogens is 344 g/mol. The number of benzene rings is 1. The number of methoxy groups -OCH3 is 1. The molecule has 8 heteroatoms. The van der Waals surface area contributed by atoms with Gasteiger partial charge >= 0.3 is 0 Å². The SMILES string of the molecule is COCc1nc(Cl)cc(Nc2cc(Cl)c(Cl)cc2Cl)n1. The van der Waals surface area contributed by atoms with E-state index in [-0.39, 0.29) is 6.61 Å². The normalized spacial score (nSPS) is 10.7. The van der Waals surface area contributed by atoms with Crippen LogP contribution in [0.2, 0.25) is 20.2 Å². The van der Waals surface area contributed by atoms with Crippen molar-refractivity contribution in [2.75, 3.05) is 12.4 Å². The van der Waals surface area contributed by atoms with Crippen molar-refractivity contribution in [2.24, 2.45) is 0 Å². The molecule has 106 valence electrons. The Balaban J connectivity index is 2.32. The zero-order valence-corrected chi connectivity index (χ0v) is 13.3. The molecule has 0 atom stereocenters. The number of halogens is 4. The van der Waals surface area contributed by atoms with E-state index in [1.54, 1.807) is 25.3 Å². The highest BCUT2D eigenvalue weighted by atomic mass is 35.5. The lowest BCUT2D eigenvalue weighted by Crippen LogP contribution is -2.02. The van der Waals surface area contributed by atoms with Crippen LogP contribution in [0.5, 0.6) is 0 Å². The van der Waals surface area contributed by atoms with Gasteiger partial charge in [-0.2, -0.15) is 0 Å². The molecule has 2 aromatic rings. The van der Waals surface area contributed by atoms with Crippen molar-refractivity contribution in [1.82, 2.24) is 9.97 Å². The number of nitrogens with one attached hydrogen (secondary N) is 1. The summed E-state index contributed by atoms with van der Waals surface area (Å²) in [5.74, 6) is 0.941. The van der Waals surface area contributed by atoms with Crippen LogP contribution < -0.4 is 5.32 Å². The molecule has 2 rings (SSSR count). The molecule has 0 unspecified atom stereocenters. The van der Waals surface area contributed by atoms with Crippen molar-refractivity contribution in [2.45, 2.75) is 6.61 Å². The van der Waals surface area contributed by atoms with E-state index in [4.69, 9.17) is 51.1 Å². The molecular formula is C12H9Cl4N3O. The van der Waals surface area contributed by atoms with Gasteiger partial charge in [0.25, 0.3) is 0 Å². The van der Waals surface area contributed by atoms with Gasteiger partial charge in [-0.3, -0.25) is 0 Å². The second kappa shape index (κ2) is 6.78. The third kappa shape index (κ3) is 3.87. The molecule has 1 aromatic carbocycles. The molecule has 1 N–H and O–H groups in total. The van der Waals surface area contributed by atoms with Crippen molar-refractivity contribution in [3.8, 4) is 0 Å². The second-order valence-corrected chi connectivity index (χ2v) is 5.41. The van der Waals surface area contributed by atoms with Crippen molar-refractivity contribution >= 4 is 57.9 Å². The lowest BCUT2D eigenvalue weighted by Gasteiger charge is -2.10. The van der Waals surface area contributed by atoms with E-state index in [9.17, 15) is 0 Å². The summed E-state index contributed by atoms with van der Waals surface area (Å²) in [6.45, 7) is 0.254. The average molecular weight is 353 g/mol. The van der Waals surface area contributed by atoms with Crippen LogP contribution in [0.15, 0.2) is 18.2 Å². The Bertz CT molecular complexity index is 636. The van der Waals surface area contributed by atoms with Crippen LogP contribution in [0.4, 0.5) is 11.5 Å². The lowest BCUT2D eigenvalue weighted by atomic mass is 10.3. The van der Waals surface area contributed by atoms with Crippen LogP contribution in [-0.4, -0.2) is 17.1 Å². The van der Waals surface area contributed by atoms with Crippen molar-refractivity contribution < 1.29 is 4.74 Å². The zero-order chi connectivity index (χ0) is 14.7. The highest BCUT2D eigenvalue weighted by molar-refractivity contribution is 6.44. The molecule has 0 amide bonds. The van der Waals surface area contributed by atoms with Crippen molar-refractivity contribution in [1.29, 1.82) is 0 Å². The zero-order valence-electron chi connectivity index (χ0n) is 10.3. The summed E-state index contributed by atoms with van der Waals surface area (Å²) < 4.78 is 4.97. The third-order valence-electron chi connectivity index (χ3n) is 2.29. The second-order valence-electron chi connectivity index (χ2n) is 3.80. The van der Waals surface area contributed by atoms with Gasteiger partial charge < -0.3 is 10.1 Å². The summed E-state index contributed by atoms with van der Waals surface area (Å²) >= 11 is 23.8. The molecule has 0 spiro atoms. The van der Waals surface area contributed by atoms with Crippen LogP contribution in [0.25, 0.3) is 0 Å². The number of hydrogen-bond acceptors (Lipinski definition) is 4. The summed E-state index contributed by atoms with van der Waals surface area (Å²) in [5, 5.41) is 4.49. The minimum Gasteiger partial charge on any atom is -0.377 e. The smallest absolute Gasteiger partial charge is 0.158 e. The highest BCUT2D eigenvalue weighted by Crippen LogP contribution is 2.33. The summed E-state index contributed by atoms with van der Waals surface area (Å²) in [6.07, 6.45) is 0. The standard InChI is InChI=1S/C12H9Cl4N3O/c1-20-5-12-18-10(16)4-11(19-12)17-9-3-7(14)6(13)2-8(9)15/h2-4H,5H2,1H3,(H,17,18,19). The van der Waals surface area contributed by atoms with Crippen molar-refractivity contribution in [3.63, 3.8) is 0 Å². The predicted molar refractivity (Wildman–Crippen MR) is 82.5 cm³/mol. The molecule has 0 radical (unpaired) electrons. The first-order valence-electron chi connectivity index (χ1n) is 5.43. The molecule has 20 heavy (non-hydrogen) atoms. The summed E-state index contributed by atoms with van der Waals surface area (Å²) in [4.78, 5) is 8.27. The first-order chi connectivity index (χ1) is 9.49. The molecule has 0 aliphatic carbocycles. The number of nitrogens with zero attached hydrogens (tertiary/aromatic N) is 2. The van der Waals surface area contributed by atoms with E-state index in [1.807, 2.05) is 0 Å². The largest absolute Gasteiger partial charge is 0.377 e. The minimum absolute atomic E-state index is 0.254. The van der Waals surface area contributed by atoms with Gasteiger partial charge in [0, 0.05) is 13.2 Å². The monoisotopic (exact) mass is 351 g/mol. The maximum Gasteiger partial charge on any atom is 0.158 e. The Kier molecular flexibility index (Phi) is 5.29. The third-order valence-corrected chi connectivity index (χ3v) is 3.52. The van der Waals surface area contributed by atoms with E-state index in [2.05, 4.69) is 15.3 Å². The van der Waals surface area contributed by atoms with Crippen LogP contribution in [0.3, 0.4) is 0 Å². The highest BCUT2D eigenvalue weighted by Gasteiger charge is 2.09. The molecule has 1 aromatic heterocycles. The number of rotatable bonds is 4. The fraction of sp³-hybridized carbons (Fsp3) is 0.167. The van der Waals surface area contributed by atoms with Crippen molar-refractivity contribution in [3.05, 3.63) is 44.2 Å². The van der Waals surface area contributed by atoms with Crippen LogP contribution in [0.1, 0.15) is 5.82 Å². The van der Waals surface area contributed by atoms with E-state index >= 15 is 0 Å². The van der Waals surface area contributed by atoms with E-state index < -0.39 is 0 Å². The Morgan fingerprint density at radius 3 is 2.40 bits per heavy atom. The Hall–Kier alpha value is -0.780. The first-order valence-corrected chi connectivity index (χ1v) is 6.94. The molecule has 0 bridgehead atoms. The Morgan fingerprint density at radius 1 is 1.00 bits per heavy atom. The van der Waals surface area contributed by atoms with Gasteiger partial charge in [0.05, 0.1) is 20.8 Å². The summed E-state index contributed by atoms with van der Waals surface area (Å²) in [6, 6.07) is 4.73. The van der Waals surface area contributed by atoms with Gasteiger partial charge in [-0.05, 0) is 12.1 Å². The number of anilines is 2. The number of aromatic nitrogens is 2. The van der Waals surface area contributed by atoms with E-state index in [0.29, 0.717) is 37.6 Å². The van der Waals surface area contributed by atoms with E-state index in [0.717, 1.165) is 0 Å².